The molecular formula is C17H20N2O4S. The minimum absolute atomic E-state index is 0.123. The Balaban J connectivity index is 2.39. The fraction of sp³-hybridized carbons (Fsp3) is 0.235. The summed E-state index contributed by atoms with van der Waals surface area (Å²) in [6, 6.07) is 13.6. The number of ether oxygens (including phenoxy) is 1. The molecular weight excluding hydrogens is 328 g/mol. The van der Waals surface area contributed by atoms with Crippen molar-refractivity contribution < 1.29 is 17.9 Å². The van der Waals surface area contributed by atoms with Crippen LogP contribution in [0.15, 0.2) is 53.4 Å². The van der Waals surface area contributed by atoms with Crippen molar-refractivity contribution in [3.05, 3.63) is 59.7 Å². The molecule has 0 saturated heterocycles. The first kappa shape index (κ1) is 18.0. The molecule has 0 aliphatic carbocycles. The van der Waals surface area contributed by atoms with E-state index in [9.17, 15) is 13.2 Å². The number of hydrogen-bond acceptors (Lipinski definition) is 4. The molecule has 2 aromatic rings. The van der Waals surface area contributed by atoms with Crippen LogP contribution in [0.4, 0.5) is 0 Å². The van der Waals surface area contributed by atoms with Gasteiger partial charge in [0.05, 0.1) is 17.6 Å². The van der Waals surface area contributed by atoms with E-state index < -0.39 is 10.0 Å². The van der Waals surface area contributed by atoms with Crippen molar-refractivity contribution in [2.75, 3.05) is 13.7 Å². The third-order valence-electron chi connectivity index (χ3n) is 3.62. The number of nitrogens with zero attached hydrogens (tertiary/aromatic N) is 1. The summed E-state index contributed by atoms with van der Waals surface area (Å²) in [5, 5.41) is 5.16. The van der Waals surface area contributed by atoms with Crippen LogP contribution in [0.1, 0.15) is 22.8 Å². The van der Waals surface area contributed by atoms with Crippen LogP contribution in [0.5, 0.6) is 5.75 Å². The highest BCUT2D eigenvalue weighted by Gasteiger charge is 2.21. The van der Waals surface area contributed by atoms with E-state index in [2.05, 4.69) is 0 Å². The first-order valence-electron chi connectivity index (χ1n) is 7.41. The summed E-state index contributed by atoms with van der Waals surface area (Å²) < 4.78 is 28.3. The molecule has 2 N–H and O–H groups in total. The van der Waals surface area contributed by atoms with Gasteiger partial charge in [-0.1, -0.05) is 30.3 Å². The molecule has 0 saturated carbocycles. The van der Waals surface area contributed by atoms with Crippen LogP contribution in [-0.2, 0) is 16.6 Å². The molecule has 1 amide bonds. The smallest absolute Gasteiger partial charge is 0.257 e. The quantitative estimate of drug-likeness (QED) is 0.864. The number of carbonyl (C=O) groups excluding carboxylic acids is 1. The molecule has 0 atom stereocenters. The molecule has 0 aliphatic rings. The third kappa shape index (κ3) is 4.12. The predicted molar refractivity (Wildman–Crippen MR) is 91.2 cm³/mol. The number of sulfonamides is 1. The Morgan fingerprint density at radius 1 is 1.17 bits per heavy atom. The highest BCUT2D eigenvalue weighted by atomic mass is 32.2. The molecule has 0 spiro atoms. The molecule has 0 unspecified atom stereocenters. The first-order valence-corrected chi connectivity index (χ1v) is 8.95. The van der Waals surface area contributed by atoms with Crippen LogP contribution in [0.3, 0.4) is 0 Å². The number of rotatable bonds is 6. The van der Waals surface area contributed by atoms with Crippen molar-refractivity contribution in [2.45, 2.75) is 18.4 Å². The minimum atomic E-state index is -3.90. The highest BCUT2D eigenvalue weighted by Crippen LogP contribution is 2.24. The normalized spacial score (nSPS) is 11.1. The third-order valence-corrected chi connectivity index (χ3v) is 4.53. The Morgan fingerprint density at radius 3 is 2.38 bits per heavy atom. The molecule has 0 bridgehead atoms. The fourth-order valence-electron chi connectivity index (χ4n) is 2.33. The van der Waals surface area contributed by atoms with Gasteiger partial charge >= 0.3 is 0 Å². The van der Waals surface area contributed by atoms with Crippen molar-refractivity contribution in [1.29, 1.82) is 0 Å². The van der Waals surface area contributed by atoms with E-state index in [-0.39, 0.29) is 16.4 Å². The summed E-state index contributed by atoms with van der Waals surface area (Å²) in [7, 11) is -2.47. The molecule has 0 fully saturated rings. The SMILES string of the molecule is CCN(Cc1ccccc1)C(=O)c1cc(S(N)(=O)=O)ccc1OC. The average Bonchev–Trinajstić information content (AvgIpc) is 2.58. The molecule has 6 nitrogen and oxygen atoms in total. The zero-order chi connectivity index (χ0) is 17.7. The van der Waals surface area contributed by atoms with E-state index in [4.69, 9.17) is 9.88 Å². The van der Waals surface area contributed by atoms with Crippen molar-refractivity contribution >= 4 is 15.9 Å². The molecule has 24 heavy (non-hydrogen) atoms. The number of amides is 1. The molecule has 0 aromatic heterocycles. The average molecular weight is 348 g/mol. The summed E-state index contributed by atoms with van der Waals surface area (Å²) in [6.07, 6.45) is 0. The van der Waals surface area contributed by atoms with E-state index in [0.717, 1.165) is 5.56 Å². The first-order chi connectivity index (χ1) is 11.4. The van der Waals surface area contributed by atoms with Crippen LogP contribution in [0.2, 0.25) is 0 Å². The zero-order valence-corrected chi connectivity index (χ0v) is 14.4. The summed E-state index contributed by atoms with van der Waals surface area (Å²) >= 11 is 0. The van der Waals surface area contributed by atoms with E-state index in [1.165, 1.54) is 25.3 Å². The summed E-state index contributed by atoms with van der Waals surface area (Å²) in [4.78, 5) is 14.3. The minimum Gasteiger partial charge on any atom is -0.496 e. The molecule has 2 aromatic carbocycles. The molecule has 0 aliphatic heterocycles. The standard InChI is InChI=1S/C17H20N2O4S/c1-3-19(12-13-7-5-4-6-8-13)17(20)15-11-14(24(18,21)22)9-10-16(15)23-2/h4-11H,3,12H2,1-2H3,(H2,18,21,22). The highest BCUT2D eigenvalue weighted by molar-refractivity contribution is 7.89. The molecule has 0 heterocycles. The lowest BCUT2D eigenvalue weighted by molar-refractivity contribution is 0.0749. The van der Waals surface area contributed by atoms with Crippen LogP contribution in [0.25, 0.3) is 0 Å². The van der Waals surface area contributed by atoms with Gasteiger partial charge in [0.25, 0.3) is 5.91 Å². The topological polar surface area (TPSA) is 89.7 Å². The lowest BCUT2D eigenvalue weighted by atomic mass is 10.1. The van der Waals surface area contributed by atoms with Crippen LogP contribution >= 0.6 is 0 Å². The van der Waals surface area contributed by atoms with Gasteiger partial charge in [-0.3, -0.25) is 4.79 Å². The van der Waals surface area contributed by atoms with Gasteiger partial charge in [0.2, 0.25) is 10.0 Å². The molecule has 7 heteroatoms. The maximum Gasteiger partial charge on any atom is 0.257 e. The van der Waals surface area contributed by atoms with Crippen LogP contribution < -0.4 is 9.88 Å². The van der Waals surface area contributed by atoms with Gasteiger partial charge in [0.1, 0.15) is 5.75 Å². The van der Waals surface area contributed by atoms with Crippen molar-refractivity contribution in [2.24, 2.45) is 5.14 Å². The lowest BCUT2D eigenvalue weighted by Gasteiger charge is -2.22. The Kier molecular flexibility index (Phi) is 5.58. The number of benzene rings is 2. The van der Waals surface area contributed by atoms with E-state index in [1.54, 1.807) is 4.90 Å². The Bertz CT molecular complexity index is 820. The lowest BCUT2D eigenvalue weighted by Crippen LogP contribution is -2.31. The second-order valence-corrected chi connectivity index (χ2v) is 6.77. The van der Waals surface area contributed by atoms with Gasteiger partial charge in [0, 0.05) is 13.1 Å². The summed E-state index contributed by atoms with van der Waals surface area (Å²) in [5.41, 5.74) is 1.15. The Labute approximate surface area is 141 Å². The molecule has 2 rings (SSSR count). The number of methoxy groups -OCH3 is 1. The van der Waals surface area contributed by atoms with Gasteiger partial charge in [-0.15, -0.1) is 0 Å². The van der Waals surface area contributed by atoms with Crippen molar-refractivity contribution in [3.8, 4) is 5.75 Å². The number of carbonyl (C=O) groups is 1. The number of nitrogens with two attached hydrogens (primary N) is 1. The van der Waals surface area contributed by atoms with Gasteiger partial charge in [-0.05, 0) is 30.7 Å². The monoisotopic (exact) mass is 348 g/mol. The van der Waals surface area contributed by atoms with Crippen LogP contribution in [0, 0.1) is 0 Å². The maximum absolute atomic E-state index is 12.8. The number of primary sulfonamides is 1. The predicted octanol–water partition coefficient (Wildman–Crippen LogP) is 2.00. The van der Waals surface area contributed by atoms with E-state index in [0.29, 0.717) is 18.8 Å². The van der Waals surface area contributed by atoms with E-state index in [1.807, 2.05) is 37.3 Å². The molecule has 0 radical (unpaired) electrons. The van der Waals surface area contributed by atoms with E-state index >= 15 is 0 Å². The summed E-state index contributed by atoms with van der Waals surface area (Å²) in [6.45, 7) is 2.74. The Morgan fingerprint density at radius 2 is 1.83 bits per heavy atom. The fourth-order valence-corrected chi connectivity index (χ4v) is 2.87. The second-order valence-electron chi connectivity index (χ2n) is 5.21. The Hall–Kier alpha value is -2.38. The maximum atomic E-state index is 12.8. The second kappa shape index (κ2) is 7.46. The van der Waals surface area contributed by atoms with Gasteiger partial charge in [0.15, 0.2) is 0 Å². The number of hydrogen-bond donors (Lipinski definition) is 1. The van der Waals surface area contributed by atoms with Crippen LogP contribution in [-0.4, -0.2) is 32.9 Å². The van der Waals surface area contributed by atoms with Gasteiger partial charge < -0.3 is 9.64 Å². The zero-order valence-electron chi connectivity index (χ0n) is 13.6. The van der Waals surface area contributed by atoms with Crippen molar-refractivity contribution in [1.82, 2.24) is 4.90 Å². The molecule has 128 valence electrons. The van der Waals surface area contributed by atoms with Gasteiger partial charge in [-0.2, -0.15) is 0 Å². The van der Waals surface area contributed by atoms with Crippen molar-refractivity contribution in [3.63, 3.8) is 0 Å². The summed E-state index contributed by atoms with van der Waals surface area (Å²) in [5.74, 6) is -0.0115. The largest absolute Gasteiger partial charge is 0.496 e. The van der Waals surface area contributed by atoms with Gasteiger partial charge in [-0.25, -0.2) is 13.6 Å².